The fraction of sp³-hybridized carbons (Fsp3) is 1.00. The van der Waals surface area contributed by atoms with E-state index in [4.69, 9.17) is 0 Å². The average molecular weight is 291 g/mol. The van der Waals surface area contributed by atoms with Crippen LogP contribution in [0, 0.1) is 0 Å². The van der Waals surface area contributed by atoms with E-state index in [1.165, 1.54) is 0 Å². The molecule has 0 amide bonds. The van der Waals surface area contributed by atoms with Gasteiger partial charge in [0.25, 0.3) is 0 Å². The third-order valence-corrected chi connectivity index (χ3v) is 42.9. The summed E-state index contributed by atoms with van der Waals surface area (Å²) in [6, 6.07) is 3.21. The van der Waals surface area contributed by atoms with Crippen molar-refractivity contribution in [2.24, 2.45) is 0 Å². The first-order valence-corrected chi connectivity index (χ1v) is 22.1. The molecule has 0 atom stereocenters. The molecule has 0 radical (unpaired) electrons. The van der Waals surface area contributed by atoms with Crippen LogP contribution in [0.4, 0.5) is 0 Å². The first kappa shape index (κ1) is 16.9. The Morgan fingerprint density at radius 3 is 0.750 bits per heavy atom. The Hall–Kier alpha value is 0.868. The molecule has 0 aliphatic rings. The van der Waals surface area contributed by atoms with Crippen LogP contribution >= 0.6 is 0 Å². The van der Waals surface area contributed by atoms with Gasteiger partial charge >= 0.3 is 0 Å². The second-order valence-corrected chi connectivity index (χ2v) is 43.4. The summed E-state index contributed by atoms with van der Waals surface area (Å²) in [5.74, 6) is 0. The molecule has 0 bridgehead atoms. The molecule has 0 N–H and O–H groups in total. The normalized spacial score (nSPS) is 15.4. The Kier molecular flexibility index (Phi) is 5.12. The highest BCUT2D eigenvalue weighted by atomic mass is 29.3. The van der Waals surface area contributed by atoms with Gasteiger partial charge in [-0.3, -0.25) is 0 Å². The van der Waals surface area contributed by atoms with Gasteiger partial charge in [-0.25, -0.2) is 0 Å². The van der Waals surface area contributed by atoms with Crippen LogP contribution in [-0.4, -0.2) is 30.4 Å². The second-order valence-electron chi connectivity index (χ2n) is 8.77. The molecule has 0 saturated heterocycles. The lowest BCUT2D eigenvalue weighted by Gasteiger charge is -2.41. The van der Waals surface area contributed by atoms with Gasteiger partial charge in [0.15, 0.2) is 0 Å². The number of hydrogen-bond donors (Lipinski definition) is 0. The highest BCUT2D eigenvalue weighted by Gasteiger charge is 2.41. The Morgan fingerprint density at radius 2 is 0.625 bits per heavy atom. The van der Waals surface area contributed by atoms with Crippen molar-refractivity contribution >= 4 is 30.4 Å². The first-order valence-electron chi connectivity index (χ1n) is 6.71. The van der Waals surface area contributed by atoms with E-state index in [1.807, 2.05) is 0 Å². The van der Waals surface area contributed by atoms with Crippen molar-refractivity contribution in [3.8, 4) is 0 Å². The Morgan fingerprint density at radius 1 is 0.438 bits per heavy atom. The molecule has 98 valence electrons. The monoisotopic (exact) mass is 290 g/mol. The number of hydrogen-bond acceptors (Lipinski definition) is 0. The maximum Gasteiger partial charge on any atom is 0.0407 e. The van der Waals surface area contributed by atoms with E-state index in [0.29, 0.717) is 0 Å². The molecule has 0 aliphatic heterocycles. The maximum absolute atomic E-state index is 2.65. The fourth-order valence-corrected chi connectivity index (χ4v) is 14.6. The van der Waals surface area contributed by atoms with E-state index in [9.17, 15) is 0 Å². The molecular formula is C12H34Si4. The topological polar surface area (TPSA) is 0 Å². The van der Waals surface area contributed by atoms with Gasteiger partial charge in [0.2, 0.25) is 0 Å². The van der Waals surface area contributed by atoms with E-state index in [-0.39, 0.29) is 0 Å². The molecule has 0 saturated carbocycles. The average Bonchev–Trinajstić information content (AvgIpc) is 1.97. The zero-order chi connectivity index (χ0) is 13.4. The molecule has 0 spiro atoms. The van der Waals surface area contributed by atoms with Gasteiger partial charge in [-0.2, -0.15) is 0 Å². The van der Waals surface area contributed by atoms with Gasteiger partial charge < -0.3 is 0 Å². The van der Waals surface area contributed by atoms with Crippen LogP contribution in [0.15, 0.2) is 0 Å². The summed E-state index contributed by atoms with van der Waals surface area (Å²) < 4.78 is 0. The molecule has 0 fully saturated rings. The van der Waals surface area contributed by atoms with E-state index < -0.39 is 30.4 Å². The minimum absolute atomic E-state index is 0.867. The van der Waals surface area contributed by atoms with Crippen LogP contribution < -0.4 is 0 Å². The zero-order valence-electron chi connectivity index (χ0n) is 13.4. The van der Waals surface area contributed by atoms with Crippen LogP contribution in [0.25, 0.3) is 0 Å². The quantitative estimate of drug-likeness (QED) is 0.608. The van der Waals surface area contributed by atoms with Gasteiger partial charge in [-0.1, -0.05) is 77.6 Å². The van der Waals surface area contributed by atoms with Crippen molar-refractivity contribution in [3.63, 3.8) is 0 Å². The van der Waals surface area contributed by atoms with Crippen LogP contribution in [0.1, 0.15) is 0 Å². The highest BCUT2D eigenvalue weighted by molar-refractivity contribution is 7.42. The van der Waals surface area contributed by atoms with Crippen LogP contribution in [0.3, 0.4) is 0 Å². The minimum atomic E-state index is -0.898. The summed E-state index contributed by atoms with van der Waals surface area (Å²) in [5, 5.41) is 0. The number of rotatable bonds is 5. The van der Waals surface area contributed by atoms with Crippen LogP contribution in [0.5, 0.6) is 0 Å². The third kappa shape index (κ3) is 4.27. The standard InChI is InChI=1S/C12H34Si4/c1-13(2,3)15(7,8)11-12-16(9,10)14(4,5)6/h11-12H2,1-10H3. The maximum atomic E-state index is 2.65. The summed E-state index contributed by atoms with van der Waals surface area (Å²) in [7, 11) is -3.53. The predicted molar refractivity (Wildman–Crippen MR) is 91.3 cm³/mol. The molecule has 16 heavy (non-hydrogen) atoms. The predicted octanol–water partition coefficient (Wildman–Crippen LogP) is 5.24. The molecule has 0 aromatic rings. The first-order chi connectivity index (χ1) is 6.71. The van der Waals surface area contributed by atoms with Crippen molar-refractivity contribution < 1.29 is 0 Å². The van der Waals surface area contributed by atoms with Crippen molar-refractivity contribution in [2.45, 2.75) is 77.6 Å². The minimum Gasteiger partial charge on any atom is -0.0715 e. The lowest BCUT2D eigenvalue weighted by atomic mass is 10.9. The molecule has 0 unspecified atom stereocenters. The van der Waals surface area contributed by atoms with Crippen molar-refractivity contribution in [1.82, 2.24) is 0 Å². The molecule has 0 aliphatic carbocycles. The zero-order valence-corrected chi connectivity index (χ0v) is 17.4. The molecular weight excluding hydrogens is 256 g/mol. The van der Waals surface area contributed by atoms with Crippen LogP contribution in [0.2, 0.25) is 77.6 Å². The smallest absolute Gasteiger partial charge is 0.0407 e. The summed E-state index contributed by atoms with van der Waals surface area (Å²) >= 11 is 0. The summed E-state index contributed by atoms with van der Waals surface area (Å²) in [5.41, 5.74) is 0. The summed E-state index contributed by atoms with van der Waals surface area (Å²) in [6.45, 7) is 26.1. The lowest BCUT2D eigenvalue weighted by Crippen LogP contribution is -2.56. The van der Waals surface area contributed by atoms with Gasteiger partial charge in [0, 0.05) is 30.4 Å². The van der Waals surface area contributed by atoms with Gasteiger partial charge in [-0.15, -0.1) is 0 Å². The Balaban J connectivity index is 4.59. The van der Waals surface area contributed by atoms with Gasteiger partial charge in [0.05, 0.1) is 0 Å². The van der Waals surface area contributed by atoms with Crippen molar-refractivity contribution in [1.29, 1.82) is 0 Å². The van der Waals surface area contributed by atoms with E-state index in [2.05, 4.69) is 65.5 Å². The van der Waals surface area contributed by atoms with Crippen LogP contribution in [-0.2, 0) is 0 Å². The molecule has 0 aromatic carbocycles. The van der Waals surface area contributed by atoms with Gasteiger partial charge in [-0.05, 0) is 0 Å². The Labute approximate surface area is 108 Å². The fourth-order valence-electron chi connectivity index (χ4n) is 1.37. The third-order valence-electron chi connectivity index (χ3n) is 5.44. The van der Waals surface area contributed by atoms with Crippen molar-refractivity contribution in [3.05, 3.63) is 0 Å². The summed E-state index contributed by atoms with van der Waals surface area (Å²) in [6.07, 6.45) is 0. The Bertz CT molecular complexity index is 204. The van der Waals surface area contributed by atoms with E-state index in [1.54, 1.807) is 12.1 Å². The highest BCUT2D eigenvalue weighted by Crippen LogP contribution is 2.31. The largest absolute Gasteiger partial charge is 0.0715 e. The SMILES string of the molecule is C[Si](C)(C)[Si](C)(C)CC[Si](C)(C)[Si](C)(C)C. The van der Waals surface area contributed by atoms with E-state index in [0.717, 1.165) is 0 Å². The molecule has 0 nitrogen and oxygen atoms in total. The van der Waals surface area contributed by atoms with E-state index >= 15 is 0 Å². The second kappa shape index (κ2) is 4.86. The molecule has 4 heteroatoms. The lowest BCUT2D eigenvalue weighted by molar-refractivity contribution is 1.31. The van der Waals surface area contributed by atoms with Crippen molar-refractivity contribution in [2.75, 3.05) is 0 Å². The molecule has 0 heterocycles. The summed E-state index contributed by atoms with van der Waals surface area (Å²) in [4.78, 5) is 0. The van der Waals surface area contributed by atoms with Gasteiger partial charge in [0.1, 0.15) is 0 Å². The molecule has 0 aromatic heterocycles. The molecule has 0 rings (SSSR count).